The summed E-state index contributed by atoms with van der Waals surface area (Å²) in [7, 11) is 1.41. The number of aliphatic carboxylic acids is 1. The van der Waals surface area contributed by atoms with E-state index in [-0.39, 0.29) is 6.54 Å². The molecular formula is C10H13N3O3. The van der Waals surface area contributed by atoms with Crippen molar-refractivity contribution in [2.45, 2.75) is 0 Å². The summed E-state index contributed by atoms with van der Waals surface area (Å²) in [6, 6.07) is 4.44. The lowest BCUT2D eigenvalue weighted by Crippen LogP contribution is -2.31. The van der Waals surface area contributed by atoms with Crippen LogP contribution in [0.5, 0.6) is 0 Å². The molecule has 0 aliphatic heterocycles. The van der Waals surface area contributed by atoms with Crippen LogP contribution in [0.4, 0.5) is 11.4 Å². The average Bonchev–Trinajstić information content (AvgIpc) is 2.20. The Morgan fingerprint density at radius 3 is 2.44 bits per heavy atom. The van der Waals surface area contributed by atoms with Crippen molar-refractivity contribution in [2.75, 3.05) is 25.1 Å². The molecule has 0 spiro atoms. The van der Waals surface area contributed by atoms with Gasteiger partial charge in [0.2, 0.25) is 0 Å². The van der Waals surface area contributed by atoms with Gasteiger partial charge in [-0.15, -0.1) is 0 Å². The molecule has 0 radical (unpaired) electrons. The van der Waals surface area contributed by atoms with Gasteiger partial charge < -0.3 is 21.5 Å². The number of rotatable bonds is 3. The molecular weight excluding hydrogens is 210 g/mol. The van der Waals surface area contributed by atoms with Gasteiger partial charge in [-0.3, -0.25) is 9.59 Å². The highest BCUT2D eigenvalue weighted by atomic mass is 16.4. The monoisotopic (exact) mass is 223 g/mol. The van der Waals surface area contributed by atoms with Crippen molar-refractivity contribution in [1.82, 2.24) is 4.90 Å². The SMILES string of the molecule is CN(CC(=O)O)C(=O)c1ccc(N)c(N)c1. The van der Waals surface area contributed by atoms with Gasteiger partial charge in [0.05, 0.1) is 11.4 Å². The fraction of sp³-hybridized carbons (Fsp3) is 0.200. The van der Waals surface area contributed by atoms with Crippen LogP contribution in [-0.2, 0) is 4.79 Å². The number of anilines is 2. The summed E-state index contributed by atoms with van der Waals surface area (Å²) >= 11 is 0. The van der Waals surface area contributed by atoms with Crippen LogP contribution in [0.1, 0.15) is 10.4 Å². The Hall–Kier alpha value is -2.24. The second-order valence-corrected chi connectivity index (χ2v) is 3.40. The molecule has 0 saturated carbocycles. The van der Waals surface area contributed by atoms with E-state index in [0.29, 0.717) is 16.9 Å². The van der Waals surface area contributed by atoms with E-state index in [9.17, 15) is 9.59 Å². The van der Waals surface area contributed by atoms with Crippen molar-refractivity contribution >= 4 is 23.3 Å². The number of carboxylic acids is 1. The number of hydrogen-bond acceptors (Lipinski definition) is 4. The molecule has 1 aromatic carbocycles. The zero-order valence-corrected chi connectivity index (χ0v) is 8.80. The van der Waals surface area contributed by atoms with Crippen LogP contribution in [0, 0.1) is 0 Å². The van der Waals surface area contributed by atoms with Gasteiger partial charge in [-0.1, -0.05) is 0 Å². The Balaban J connectivity index is 2.88. The number of carbonyl (C=O) groups is 2. The molecule has 0 heterocycles. The molecule has 5 N–H and O–H groups in total. The second kappa shape index (κ2) is 4.52. The van der Waals surface area contributed by atoms with Gasteiger partial charge in [-0.25, -0.2) is 0 Å². The standard InChI is InChI=1S/C10H13N3O3/c1-13(5-9(14)15)10(16)6-2-3-7(11)8(12)4-6/h2-4H,5,11-12H2,1H3,(H,14,15). The predicted octanol–water partition coefficient (Wildman–Crippen LogP) is 0.00760. The minimum atomic E-state index is -1.07. The van der Waals surface area contributed by atoms with E-state index < -0.39 is 11.9 Å². The lowest BCUT2D eigenvalue weighted by molar-refractivity contribution is -0.137. The summed E-state index contributed by atoms with van der Waals surface area (Å²) in [6.07, 6.45) is 0. The number of nitrogens with zero attached hydrogens (tertiary/aromatic N) is 1. The Kier molecular flexibility index (Phi) is 3.34. The largest absolute Gasteiger partial charge is 0.480 e. The summed E-state index contributed by atoms with van der Waals surface area (Å²) < 4.78 is 0. The molecule has 86 valence electrons. The quantitative estimate of drug-likeness (QED) is 0.625. The Morgan fingerprint density at radius 1 is 1.31 bits per heavy atom. The molecule has 6 nitrogen and oxygen atoms in total. The Bertz CT molecular complexity index is 431. The van der Waals surface area contributed by atoms with E-state index in [1.807, 2.05) is 0 Å². The minimum Gasteiger partial charge on any atom is -0.480 e. The zero-order chi connectivity index (χ0) is 12.3. The van der Waals surface area contributed by atoms with Crippen molar-refractivity contribution in [3.63, 3.8) is 0 Å². The number of amides is 1. The third kappa shape index (κ3) is 2.63. The summed E-state index contributed by atoms with van der Waals surface area (Å²) in [6.45, 7) is -0.358. The third-order valence-corrected chi connectivity index (χ3v) is 2.05. The summed E-state index contributed by atoms with van der Waals surface area (Å²) in [4.78, 5) is 23.2. The first-order valence-corrected chi connectivity index (χ1v) is 4.54. The highest BCUT2D eigenvalue weighted by Gasteiger charge is 2.14. The van der Waals surface area contributed by atoms with Gasteiger partial charge >= 0.3 is 5.97 Å². The van der Waals surface area contributed by atoms with Crippen molar-refractivity contribution in [3.8, 4) is 0 Å². The van der Waals surface area contributed by atoms with E-state index in [4.69, 9.17) is 16.6 Å². The number of carbonyl (C=O) groups excluding carboxylic acids is 1. The maximum absolute atomic E-state index is 11.7. The molecule has 0 atom stereocenters. The predicted molar refractivity (Wildman–Crippen MR) is 59.9 cm³/mol. The van der Waals surface area contributed by atoms with E-state index in [1.54, 1.807) is 0 Å². The molecule has 0 fully saturated rings. The molecule has 1 rings (SSSR count). The van der Waals surface area contributed by atoms with Crippen LogP contribution in [-0.4, -0.2) is 35.5 Å². The van der Waals surface area contributed by atoms with E-state index in [1.165, 1.54) is 25.2 Å². The molecule has 0 unspecified atom stereocenters. The minimum absolute atomic E-state index is 0.301. The van der Waals surface area contributed by atoms with Crippen molar-refractivity contribution in [1.29, 1.82) is 0 Å². The molecule has 0 bridgehead atoms. The third-order valence-electron chi connectivity index (χ3n) is 2.05. The fourth-order valence-electron chi connectivity index (χ4n) is 1.20. The van der Waals surface area contributed by atoms with Gasteiger partial charge in [0, 0.05) is 12.6 Å². The van der Waals surface area contributed by atoms with Crippen molar-refractivity contribution in [3.05, 3.63) is 23.8 Å². The maximum Gasteiger partial charge on any atom is 0.323 e. The number of nitrogens with two attached hydrogens (primary N) is 2. The smallest absolute Gasteiger partial charge is 0.323 e. The van der Waals surface area contributed by atoms with Crippen molar-refractivity contribution in [2.24, 2.45) is 0 Å². The first-order valence-electron chi connectivity index (χ1n) is 4.54. The van der Waals surface area contributed by atoms with Crippen LogP contribution >= 0.6 is 0 Å². The highest BCUT2D eigenvalue weighted by molar-refractivity contribution is 5.97. The maximum atomic E-state index is 11.7. The summed E-state index contributed by atoms with van der Waals surface area (Å²) in [5.74, 6) is -1.48. The molecule has 0 saturated heterocycles. The molecule has 6 heteroatoms. The van der Waals surface area contributed by atoms with E-state index in [2.05, 4.69) is 0 Å². The van der Waals surface area contributed by atoms with Gasteiger partial charge in [0.25, 0.3) is 5.91 Å². The van der Waals surface area contributed by atoms with Crippen LogP contribution in [0.3, 0.4) is 0 Å². The number of hydrogen-bond donors (Lipinski definition) is 3. The average molecular weight is 223 g/mol. The zero-order valence-electron chi connectivity index (χ0n) is 8.80. The second-order valence-electron chi connectivity index (χ2n) is 3.40. The molecule has 1 aromatic rings. The first-order chi connectivity index (χ1) is 7.41. The van der Waals surface area contributed by atoms with Gasteiger partial charge in [0.1, 0.15) is 6.54 Å². The van der Waals surface area contributed by atoms with Crippen molar-refractivity contribution < 1.29 is 14.7 Å². The summed E-state index contributed by atoms with van der Waals surface area (Å²) in [5.41, 5.74) is 12.1. The van der Waals surface area contributed by atoms with E-state index >= 15 is 0 Å². The fourth-order valence-corrected chi connectivity index (χ4v) is 1.20. The van der Waals surface area contributed by atoms with E-state index in [0.717, 1.165) is 4.90 Å². The van der Waals surface area contributed by atoms with Crippen LogP contribution in [0.25, 0.3) is 0 Å². The normalized spacial score (nSPS) is 9.81. The lowest BCUT2D eigenvalue weighted by Gasteiger charge is -2.14. The number of benzene rings is 1. The highest BCUT2D eigenvalue weighted by Crippen LogP contribution is 2.16. The van der Waals surface area contributed by atoms with Gasteiger partial charge in [0.15, 0.2) is 0 Å². The lowest BCUT2D eigenvalue weighted by atomic mass is 10.1. The summed E-state index contributed by atoms with van der Waals surface area (Å²) in [5, 5.41) is 8.54. The molecule has 0 aromatic heterocycles. The first kappa shape index (κ1) is 11.8. The molecule has 0 aliphatic carbocycles. The molecule has 0 aliphatic rings. The van der Waals surface area contributed by atoms with Gasteiger partial charge in [-0.05, 0) is 18.2 Å². The Morgan fingerprint density at radius 2 is 1.94 bits per heavy atom. The number of likely N-dealkylation sites (N-methyl/N-ethyl adjacent to an activating group) is 1. The topological polar surface area (TPSA) is 110 Å². The van der Waals surface area contributed by atoms with Crippen LogP contribution in [0.15, 0.2) is 18.2 Å². The molecule has 16 heavy (non-hydrogen) atoms. The van der Waals surface area contributed by atoms with Gasteiger partial charge in [-0.2, -0.15) is 0 Å². The number of carboxylic acid groups (broad SMARTS) is 1. The number of nitrogen functional groups attached to an aromatic ring is 2. The Labute approximate surface area is 92.4 Å². The van der Waals surface area contributed by atoms with Crippen LogP contribution in [0.2, 0.25) is 0 Å². The van der Waals surface area contributed by atoms with Crippen LogP contribution < -0.4 is 11.5 Å². The molecule has 1 amide bonds.